The van der Waals surface area contributed by atoms with Crippen LogP contribution in [0.25, 0.3) is 0 Å². The normalized spacial score (nSPS) is 30.4. The van der Waals surface area contributed by atoms with Crippen LogP contribution in [-0.2, 0) is 0 Å². The number of piperidine rings is 1. The summed E-state index contributed by atoms with van der Waals surface area (Å²) in [4.78, 5) is 4.58. The fourth-order valence-corrected chi connectivity index (χ4v) is 4.81. The van der Waals surface area contributed by atoms with Gasteiger partial charge in [0.2, 0.25) is 5.89 Å². The first-order valence-corrected chi connectivity index (χ1v) is 8.40. The number of nitrogens with zero attached hydrogens (tertiary/aromatic N) is 2. The van der Waals surface area contributed by atoms with Gasteiger partial charge in [-0.3, -0.25) is 0 Å². The fraction of sp³-hybridized carbons (Fsp3) is 0.818. The molecule has 1 N–H and O–H groups in total. The Hall–Kier alpha value is -0.200. The van der Waals surface area contributed by atoms with Crippen molar-refractivity contribution in [1.29, 1.82) is 0 Å². The van der Waals surface area contributed by atoms with Crippen molar-refractivity contribution in [2.45, 2.75) is 30.6 Å². The number of hydrogen-bond donors (Lipinski definition) is 1. The van der Waals surface area contributed by atoms with Crippen LogP contribution in [0.15, 0.2) is 4.52 Å². The predicted octanol–water partition coefficient (Wildman–Crippen LogP) is 2.41. The van der Waals surface area contributed by atoms with Crippen LogP contribution < -0.4 is 5.32 Å². The Labute approximate surface area is 110 Å². The van der Waals surface area contributed by atoms with Crippen LogP contribution in [0.5, 0.6) is 0 Å². The summed E-state index contributed by atoms with van der Waals surface area (Å²) < 4.78 is 5.41. The molecule has 0 radical (unpaired) electrons. The smallest absolute Gasteiger partial charge is 0.243 e. The molecule has 6 heteroatoms. The maximum Gasteiger partial charge on any atom is 0.243 e. The van der Waals surface area contributed by atoms with Gasteiger partial charge in [0.1, 0.15) is 0 Å². The lowest BCUT2D eigenvalue weighted by Gasteiger charge is -2.19. The average Bonchev–Trinajstić information content (AvgIpc) is 2.90. The van der Waals surface area contributed by atoms with E-state index in [1.807, 2.05) is 23.5 Å². The first-order chi connectivity index (χ1) is 8.43. The van der Waals surface area contributed by atoms with E-state index < -0.39 is 0 Å². The monoisotopic (exact) mass is 271 g/mol. The van der Waals surface area contributed by atoms with Gasteiger partial charge >= 0.3 is 0 Å². The number of thioether (sulfide) groups is 2. The molecule has 2 aliphatic rings. The molecule has 3 heterocycles. The third-order valence-corrected chi connectivity index (χ3v) is 5.92. The van der Waals surface area contributed by atoms with Gasteiger partial charge in [-0.15, -0.1) is 11.8 Å². The van der Waals surface area contributed by atoms with E-state index in [0.717, 1.165) is 30.4 Å². The van der Waals surface area contributed by atoms with Gasteiger partial charge in [0, 0.05) is 17.3 Å². The Kier molecular flexibility index (Phi) is 3.93. The summed E-state index contributed by atoms with van der Waals surface area (Å²) in [5, 5.41) is 8.02. The summed E-state index contributed by atoms with van der Waals surface area (Å²) in [5.74, 6) is 5.24. The molecule has 0 aliphatic carbocycles. The van der Waals surface area contributed by atoms with Crippen LogP contribution in [0.4, 0.5) is 0 Å². The van der Waals surface area contributed by atoms with E-state index in [4.69, 9.17) is 4.52 Å². The maximum atomic E-state index is 5.41. The molecule has 1 unspecified atom stereocenters. The van der Waals surface area contributed by atoms with Crippen LogP contribution in [0, 0.1) is 0 Å². The van der Waals surface area contributed by atoms with Crippen molar-refractivity contribution in [3.63, 3.8) is 0 Å². The molecule has 2 aliphatic heterocycles. The van der Waals surface area contributed by atoms with Crippen LogP contribution in [0.3, 0.4) is 0 Å². The zero-order valence-corrected chi connectivity index (χ0v) is 11.4. The molecule has 17 heavy (non-hydrogen) atoms. The fourth-order valence-electron chi connectivity index (χ4n) is 2.22. The van der Waals surface area contributed by atoms with Gasteiger partial charge in [-0.05, 0) is 19.4 Å². The quantitative estimate of drug-likeness (QED) is 0.891. The Balaban J connectivity index is 1.68. The lowest BCUT2D eigenvalue weighted by molar-refractivity contribution is 0.296. The highest BCUT2D eigenvalue weighted by molar-refractivity contribution is 8.06. The molecule has 4 nitrogen and oxygen atoms in total. The summed E-state index contributed by atoms with van der Waals surface area (Å²) in [6.07, 6.45) is 3.63. The van der Waals surface area contributed by atoms with Gasteiger partial charge in [-0.1, -0.05) is 11.6 Å². The highest BCUT2D eigenvalue weighted by Crippen LogP contribution is 2.35. The Morgan fingerprint density at radius 2 is 2.29 bits per heavy atom. The van der Waals surface area contributed by atoms with Crippen LogP contribution in [0.2, 0.25) is 0 Å². The Bertz CT molecular complexity index is 327. The largest absolute Gasteiger partial charge is 0.338 e. The summed E-state index contributed by atoms with van der Waals surface area (Å²) in [7, 11) is 0. The lowest BCUT2D eigenvalue weighted by atomic mass is 10.1. The van der Waals surface area contributed by atoms with Gasteiger partial charge in [-0.2, -0.15) is 16.7 Å². The van der Waals surface area contributed by atoms with Crippen molar-refractivity contribution in [1.82, 2.24) is 15.5 Å². The molecular weight excluding hydrogens is 254 g/mol. The maximum absolute atomic E-state index is 5.41. The van der Waals surface area contributed by atoms with Gasteiger partial charge in [0.15, 0.2) is 5.82 Å². The van der Waals surface area contributed by atoms with Crippen molar-refractivity contribution in [3.05, 3.63) is 11.7 Å². The second-order valence-corrected chi connectivity index (χ2v) is 6.89. The number of nitrogens with one attached hydrogen (secondary N) is 1. The number of aromatic nitrogens is 2. The van der Waals surface area contributed by atoms with Gasteiger partial charge in [0.05, 0.1) is 11.3 Å². The van der Waals surface area contributed by atoms with E-state index in [9.17, 15) is 0 Å². The van der Waals surface area contributed by atoms with E-state index in [-0.39, 0.29) is 6.04 Å². The lowest BCUT2D eigenvalue weighted by Crippen LogP contribution is -2.27. The Morgan fingerprint density at radius 3 is 3.06 bits per heavy atom. The summed E-state index contributed by atoms with van der Waals surface area (Å²) in [5.41, 5.74) is 0. The second-order valence-electron chi connectivity index (χ2n) is 4.43. The SMILES string of the molecule is C1CC[C@@H](c2nc(C3CSCCS3)no2)NC1. The van der Waals surface area contributed by atoms with E-state index in [2.05, 4.69) is 15.5 Å². The standard InChI is InChI=1S/C11H17N3OS2/c1-2-4-12-8(3-1)11-13-10(14-15-11)9-7-16-5-6-17-9/h8-9,12H,1-7H2/t8-,9?/m0/s1. The molecule has 2 saturated heterocycles. The molecule has 0 amide bonds. The van der Waals surface area contributed by atoms with Crippen molar-refractivity contribution < 1.29 is 4.52 Å². The first kappa shape index (κ1) is 11.9. The molecule has 3 rings (SSSR count). The Morgan fingerprint density at radius 1 is 1.29 bits per heavy atom. The minimum atomic E-state index is 0.284. The van der Waals surface area contributed by atoms with Crippen LogP contribution >= 0.6 is 23.5 Å². The van der Waals surface area contributed by atoms with E-state index >= 15 is 0 Å². The number of rotatable bonds is 2. The predicted molar refractivity (Wildman–Crippen MR) is 71.4 cm³/mol. The van der Waals surface area contributed by atoms with Crippen molar-refractivity contribution in [2.75, 3.05) is 23.8 Å². The molecule has 1 aromatic rings. The van der Waals surface area contributed by atoms with Crippen LogP contribution in [0.1, 0.15) is 42.3 Å². The average molecular weight is 271 g/mol. The summed E-state index contributed by atoms with van der Waals surface area (Å²) in [6.45, 7) is 1.07. The van der Waals surface area contributed by atoms with Crippen molar-refractivity contribution in [2.24, 2.45) is 0 Å². The third kappa shape index (κ3) is 2.80. The first-order valence-electron chi connectivity index (χ1n) is 6.20. The minimum Gasteiger partial charge on any atom is -0.338 e. The second kappa shape index (κ2) is 5.63. The highest BCUT2D eigenvalue weighted by atomic mass is 32.2. The topological polar surface area (TPSA) is 51.0 Å². The van der Waals surface area contributed by atoms with Gasteiger partial charge in [0.25, 0.3) is 0 Å². The van der Waals surface area contributed by atoms with Gasteiger partial charge in [-0.25, -0.2) is 0 Å². The van der Waals surface area contributed by atoms with Crippen LogP contribution in [-0.4, -0.2) is 33.9 Å². The molecule has 1 aromatic heterocycles. The zero-order chi connectivity index (χ0) is 11.5. The molecule has 0 bridgehead atoms. The molecule has 2 atom stereocenters. The molecule has 0 aromatic carbocycles. The zero-order valence-electron chi connectivity index (χ0n) is 9.72. The highest BCUT2D eigenvalue weighted by Gasteiger charge is 2.25. The molecule has 0 spiro atoms. The molecule has 2 fully saturated rings. The van der Waals surface area contributed by atoms with Crippen molar-refractivity contribution in [3.8, 4) is 0 Å². The van der Waals surface area contributed by atoms with E-state index in [1.54, 1.807) is 0 Å². The molecule has 94 valence electrons. The van der Waals surface area contributed by atoms with E-state index in [0.29, 0.717) is 5.25 Å². The minimum absolute atomic E-state index is 0.284. The van der Waals surface area contributed by atoms with Gasteiger partial charge < -0.3 is 9.84 Å². The molecular formula is C11H17N3OS2. The molecule has 0 saturated carbocycles. The van der Waals surface area contributed by atoms with Crippen molar-refractivity contribution >= 4 is 23.5 Å². The van der Waals surface area contributed by atoms with E-state index in [1.165, 1.54) is 24.3 Å². The number of hydrogen-bond acceptors (Lipinski definition) is 6. The third-order valence-electron chi connectivity index (χ3n) is 3.17. The summed E-state index contributed by atoms with van der Waals surface area (Å²) in [6, 6.07) is 0.284. The summed E-state index contributed by atoms with van der Waals surface area (Å²) >= 11 is 3.93.